The molecule has 0 N–H and O–H groups in total. The summed E-state index contributed by atoms with van der Waals surface area (Å²) in [6.45, 7) is 5.07. The number of carbonyl (C=O) groups is 1. The molecule has 0 spiro atoms. The maximum atomic E-state index is 12.1. The van der Waals surface area contributed by atoms with Crippen molar-refractivity contribution in [3.8, 4) is 0 Å². The van der Waals surface area contributed by atoms with Crippen LogP contribution in [0.5, 0.6) is 0 Å². The lowest BCUT2D eigenvalue weighted by Crippen LogP contribution is -2.33. The maximum Gasteiger partial charge on any atom is 0.254 e. The number of carbonyl (C=O) groups excluding carboxylic acids is 1. The third kappa shape index (κ3) is 2.04. The van der Waals surface area contributed by atoms with Gasteiger partial charge in [0.2, 0.25) is 0 Å². The van der Waals surface area contributed by atoms with Gasteiger partial charge in [0.25, 0.3) is 5.91 Å². The Hall–Kier alpha value is -1.31. The van der Waals surface area contributed by atoms with E-state index in [2.05, 4.69) is 6.92 Å². The molecule has 1 aliphatic heterocycles. The number of benzene rings is 1. The van der Waals surface area contributed by atoms with E-state index < -0.39 is 0 Å². The monoisotopic (exact) mass is 203 g/mol. The molecule has 1 amide bonds. The molecule has 0 bridgehead atoms. The predicted molar refractivity (Wildman–Crippen MR) is 60.9 cm³/mol. The van der Waals surface area contributed by atoms with Crippen LogP contribution in [0.15, 0.2) is 24.3 Å². The first-order valence-corrected chi connectivity index (χ1v) is 5.56. The summed E-state index contributed by atoms with van der Waals surface area (Å²) in [6, 6.07) is 8.23. The van der Waals surface area contributed by atoms with E-state index in [0.717, 1.165) is 24.9 Å². The number of aryl methyl sites for hydroxylation is 1. The summed E-state index contributed by atoms with van der Waals surface area (Å²) in [5.41, 5.74) is 2.01. The lowest BCUT2D eigenvalue weighted by atomic mass is 10.1. The molecule has 0 radical (unpaired) electrons. The Bertz CT molecular complexity index is 355. The number of likely N-dealkylation sites (tertiary alicyclic amines) is 1. The summed E-state index contributed by atoms with van der Waals surface area (Å²) in [5, 5.41) is 0. The lowest BCUT2D eigenvalue weighted by molar-refractivity contribution is 0.0747. The lowest BCUT2D eigenvalue weighted by Gasteiger charge is -2.21. The first-order chi connectivity index (χ1) is 7.18. The second-order valence-corrected chi connectivity index (χ2v) is 4.36. The quantitative estimate of drug-likeness (QED) is 0.687. The first-order valence-electron chi connectivity index (χ1n) is 5.56. The van der Waals surface area contributed by atoms with E-state index in [1.165, 1.54) is 5.56 Å². The highest BCUT2D eigenvalue weighted by Crippen LogP contribution is 2.19. The highest BCUT2D eigenvalue weighted by molar-refractivity contribution is 5.94. The van der Waals surface area contributed by atoms with Gasteiger partial charge in [-0.1, -0.05) is 17.7 Å². The maximum absolute atomic E-state index is 12.1. The number of hydrogen-bond acceptors (Lipinski definition) is 1. The van der Waals surface area contributed by atoms with Crippen molar-refractivity contribution in [1.29, 1.82) is 0 Å². The van der Waals surface area contributed by atoms with Gasteiger partial charge in [-0.15, -0.1) is 0 Å². The fourth-order valence-corrected chi connectivity index (χ4v) is 2.10. The molecular formula is C13H17NO. The van der Waals surface area contributed by atoms with E-state index in [4.69, 9.17) is 0 Å². The van der Waals surface area contributed by atoms with Gasteiger partial charge in [-0.25, -0.2) is 0 Å². The smallest absolute Gasteiger partial charge is 0.254 e. The molecule has 2 rings (SSSR count). The minimum absolute atomic E-state index is 0.181. The molecule has 80 valence electrons. The van der Waals surface area contributed by atoms with Gasteiger partial charge in [0.15, 0.2) is 0 Å². The molecule has 1 heterocycles. The molecule has 1 unspecified atom stereocenters. The Kier molecular flexibility index (Phi) is 2.76. The third-order valence-corrected chi connectivity index (χ3v) is 3.11. The highest BCUT2D eigenvalue weighted by Gasteiger charge is 2.25. The summed E-state index contributed by atoms with van der Waals surface area (Å²) in [7, 11) is 0. The number of amides is 1. The van der Waals surface area contributed by atoms with Crippen LogP contribution in [0.2, 0.25) is 0 Å². The van der Waals surface area contributed by atoms with Crippen LogP contribution in [0.3, 0.4) is 0 Å². The van der Waals surface area contributed by atoms with Crippen LogP contribution in [0.25, 0.3) is 0 Å². The molecule has 15 heavy (non-hydrogen) atoms. The fourth-order valence-electron chi connectivity index (χ4n) is 2.10. The molecule has 0 saturated carbocycles. The van der Waals surface area contributed by atoms with Crippen molar-refractivity contribution in [2.75, 3.05) is 6.54 Å². The average molecular weight is 203 g/mol. The van der Waals surface area contributed by atoms with Crippen molar-refractivity contribution in [1.82, 2.24) is 4.90 Å². The summed E-state index contributed by atoms with van der Waals surface area (Å²) in [6.07, 6.45) is 2.27. The van der Waals surface area contributed by atoms with Crippen LogP contribution in [0.1, 0.15) is 35.7 Å². The van der Waals surface area contributed by atoms with Gasteiger partial charge in [0, 0.05) is 18.2 Å². The molecule has 1 aliphatic rings. The fraction of sp³-hybridized carbons (Fsp3) is 0.462. The van der Waals surface area contributed by atoms with Gasteiger partial charge in [-0.05, 0) is 38.8 Å². The molecule has 1 atom stereocenters. The first kappa shape index (κ1) is 10.2. The second-order valence-electron chi connectivity index (χ2n) is 4.36. The van der Waals surface area contributed by atoms with Gasteiger partial charge in [-0.3, -0.25) is 4.79 Å². The zero-order valence-corrected chi connectivity index (χ0v) is 9.36. The third-order valence-electron chi connectivity index (χ3n) is 3.11. The van der Waals surface area contributed by atoms with E-state index >= 15 is 0 Å². The molecule has 1 aromatic carbocycles. The van der Waals surface area contributed by atoms with Crippen LogP contribution in [0, 0.1) is 6.92 Å². The molecule has 2 heteroatoms. The number of nitrogens with zero attached hydrogens (tertiary/aromatic N) is 1. The number of hydrogen-bond donors (Lipinski definition) is 0. The summed E-state index contributed by atoms with van der Waals surface area (Å²) in [4.78, 5) is 14.1. The number of rotatable bonds is 1. The van der Waals surface area contributed by atoms with Crippen LogP contribution >= 0.6 is 0 Å². The predicted octanol–water partition coefficient (Wildman–Crippen LogP) is 2.62. The van der Waals surface area contributed by atoms with Crippen LogP contribution in [0.4, 0.5) is 0 Å². The van der Waals surface area contributed by atoms with Crippen molar-refractivity contribution >= 4 is 5.91 Å². The second kappa shape index (κ2) is 4.05. The Morgan fingerprint density at radius 3 is 2.53 bits per heavy atom. The van der Waals surface area contributed by atoms with Crippen molar-refractivity contribution < 1.29 is 4.79 Å². The zero-order chi connectivity index (χ0) is 10.8. The molecule has 1 saturated heterocycles. The molecule has 0 aromatic heterocycles. The van der Waals surface area contributed by atoms with Crippen LogP contribution < -0.4 is 0 Å². The minimum atomic E-state index is 0.181. The average Bonchev–Trinajstić information content (AvgIpc) is 2.65. The SMILES string of the molecule is Cc1ccc(C(=O)N2CCCC2C)cc1. The Morgan fingerprint density at radius 1 is 1.33 bits per heavy atom. The molecule has 2 nitrogen and oxygen atoms in total. The van der Waals surface area contributed by atoms with E-state index in [0.29, 0.717) is 6.04 Å². The Labute approximate surface area is 90.9 Å². The van der Waals surface area contributed by atoms with Crippen molar-refractivity contribution in [2.24, 2.45) is 0 Å². The summed E-state index contributed by atoms with van der Waals surface area (Å²) >= 11 is 0. The topological polar surface area (TPSA) is 20.3 Å². The highest BCUT2D eigenvalue weighted by atomic mass is 16.2. The van der Waals surface area contributed by atoms with Gasteiger partial charge >= 0.3 is 0 Å². The molecule has 0 aliphatic carbocycles. The van der Waals surface area contributed by atoms with E-state index in [-0.39, 0.29) is 5.91 Å². The van der Waals surface area contributed by atoms with E-state index in [9.17, 15) is 4.79 Å². The van der Waals surface area contributed by atoms with Gasteiger partial charge in [-0.2, -0.15) is 0 Å². The zero-order valence-electron chi connectivity index (χ0n) is 9.36. The van der Waals surface area contributed by atoms with E-state index in [1.807, 2.05) is 36.1 Å². The molecule has 1 fully saturated rings. The van der Waals surface area contributed by atoms with Crippen LogP contribution in [-0.4, -0.2) is 23.4 Å². The van der Waals surface area contributed by atoms with Gasteiger partial charge in [0.1, 0.15) is 0 Å². The van der Waals surface area contributed by atoms with E-state index in [1.54, 1.807) is 0 Å². The Morgan fingerprint density at radius 2 is 2.00 bits per heavy atom. The van der Waals surface area contributed by atoms with Gasteiger partial charge in [0.05, 0.1) is 0 Å². The summed E-state index contributed by atoms with van der Waals surface area (Å²) < 4.78 is 0. The van der Waals surface area contributed by atoms with Crippen molar-refractivity contribution in [3.05, 3.63) is 35.4 Å². The summed E-state index contributed by atoms with van der Waals surface area (Å²) in [5.74, 6) is 0.181. The Balaban J connectivity index is 2.17. The standard InChI is InChI=1S/C13H17NO/c1-10-5-7-12(8-6-10)13(15)14-9-3-4-11(14)2/h5-8,11H,3-4,9H2,1-2H3. The largest absolute Gasteiger partial charge is 0.336 e. The molecular weight excluding hydrogens is 186 g/mol. The normalized spacial score (nSPS) is 20.7. The molecule has 1 aromatic rings. The minimum Gasteiger partial charge on any atom is -0.336 e. The van der Waals surface area contributed by atoms with Crippen LogP contribution in [-0.2, 0) is 0 Å². The van der Waals surface area contributed by atoms with Crippen molar-refractivity contribution in [2.45, 2.75) is 32.7 Å². The van der Waals surface area contributed by atoms with Crippen molar-refractivity contribution in [3.63, 3.8) is 0 Å². The van der Waals surface area contributed by atoms with Gasteiger partial charge < -0.3 is 4.90 Å².